The van der Waals surface area contributed by atoms with Crippen LogP contribution in [-0.4, -0.2) is 107 Å². The molecule has 6 fully saturated rings. The van der Waals surface area contributed by atoms with Crippen molar-refractivity contribution in [2.24, 2.45) is 75.9 Å². The number of hydrogen-bond donors (Lipinski definition) is 1. The van der Waals surface area contributed by atoms with Gasteiger partial charge in [0.1, 0.15) is 35.1 Å². The number of carbonyl (C=O) groups is 10. The maximum Gasteiger partial charge on any atom is 0.422 e. The summed E-state index contributed by atoms with van der Waals surface area (Å²) >= 11 is 0. The fourth-order valence-electron chi connectivity index (χ4n) is 15.9. The molecule has 0 saturated heterocycles. The van der Waals surface area contributed by atoms with E-state index in [0.717, 1.165) is 73.6 Å². The molecule has 6 saturated carbocycles. The van der Waals surface area contributed by atoms with Gasteiger partial charge in [-0.2, -0.15) is 39.5 Å². The van der Waals surface area contributed by atoms with Gasteiger partial charge in [0.25, 0.3) is 0 Å². The molecule has 35 heteroatoms. The summed E-state index contributed by atoms with van der Waals surface area (Å²) in [5.41, 5.74) is -7.05. The lowest BCUT2D eigenvalue weighted by molar-refractivity contribution is -0.351. The first-order valence-electron chi connectivity index (χ1n) is 37.2. The van der Waals surface area contributed by atoms with Crippen molar-refractivity contribution in [2.75, 3.05) is 0 Å². The number of carboxylic acid groups (broad SMARTS) is 7. The Morgan fingerprint density at radius 1 is 0.482 bits per heavy atom. The summed E-state index contributed by atoms with van der Waals surface area (Å²) in [6.45, 7) is 11.2. The number of halogens is 14. The number of rotatable bonds is 19. The average molecular weight is 1640 g/mol. The maximum absolute atomic E-state index is 12.8. The molecule has 114 heavy (non-hydrogen) atoms. The van der Waals surface area contributed by atoms with E-state index in [1.54, 1.807) is 6.08 Å². The van der Waals surface area contributed by atoms with Crippen molar-refractivity contribution in [2.45, 2.75) is 232 Å². The number of alkyl halides is 9. The van der Waals surface area contributed by atoms with Crippen molar-refractivity contribution in [1.82, 2.24) is 0 Å². The average Bonchev–Trinajstić information content (AvgIpc) is 1.57. The Kier molecular flexibility index (Phi) is 33.6. The van der Waals surface area contributed by atoms with E-state index in [1.165, 1.54) is 38.2 Å². The summed E-state index contributed by atoms with van der Waals surface area (Å²) in [6.07, 6.45) is 0.201. The topological polar surface area (TPSA) is 380 Å². The molecule has 8 aliphatic rings. The number of ether oxygens (including phenoxy) is 3. The Balaban J connectivity index is 0.000000241. The predicted octanol–water partition coefficient (Wildman–Crippen LogP) is 7.86. The van der Waals surface area contributed by atoms with Gasteiger partial charge in [-0.3, -0.25) is 14.4 Å². The van der Waals surface area contributed by atoms with Crippen molar-refractivity contribution >= 4 is 59.7 Å². The number of esters is 3. The third-order valence-corrected chi connectivity index (χ3v) is 22.4. The highest BCUT2D eigenvalue weighted by molar-refractivity contribution is 5.94. The summed E-state index contributed by atoms with van der Waals surface area (Å²) in [5.74, 6) is -26.7. The van der Waals surface area contributed by atoms with E-state index < -0.39 is 153 Å². The molecule has 1 N–H and O–H groups in total. The summed E-state index contributed by atoms with van der Waals surface area (Å²) < 4.78 is 189. The van der Waals surface area contributed by atoms with Crippen molar-refractivity contribution in [1.29, 1.82) is 0 Å². The lowest BCUT2D eigenvalue weighted by atomic mass is 9.65. The van der Waals surface area contributed by atoms with E-state index in [9.17, 15) is 145 Å². The number of allylic oxidation sites excluding steroid dienone is 2. The van der Waals surface area contributed by atoms with Gasteiger partial charge >= 0.3 is 36.4 Å². The fourth-order valence-corrected chi connectivity index (χ4v) is 15.9. The Morgan fingerprint density at radius 2 is 0.904 bits per heavy atom. The molecular weight excluding hydrogens is 1550 g/mol. The third-order valence-electron chi connectivity index (χ3n) is 22.4. The molecule has 13 unspecified atom stereocenters. The fraction of sp³-hybridized carbons (Fsp3) is 0.620. The van der Waals surface area contributed by atoms with E-state index >= 15 is 0 Å². The molecule has 11 rings (SSSR count). The van der Waals surface area contributed by atoms with Gasteiger partial charge in [0.05, 0.1) is 41.3 Å². The van der Waals surface area contributed by atoms with Crippen LogP contribution in [0.5, 0.6) is 0 Å². The lowest BCUT2D eigenvalue weighted by Crippen LogP contribution is -2.56. The molecule has 8 aliphatic carbocycles. The van der Waals surface area contributed by atoms with Crippen LogP contribution in [-0.2, 0) is 57.4 Å². The number of fused-ring (bicyclic) bond motifs is 8. The second kappa shape index (κ2) is 40.1. The van der Waals surface area contributed by atoms with E-state index in [-0.39, 0.29) is 98.8 Å². The van der Waals surface area contributed by atoms with Gasteiger partial charge in [-0.1, -0.05) is 160 Å². The minimum Gasteiger partial charge on any atom is -0.550 e. The highest BCUT2D eigenvalue weighted by Gasteiger charge is 2.67. The summed E-state index contributed by atoms with van der Waals surface area (Å²) in [5, 5.41) is 81.4. The normalized spacial score (nSPS) is 24.4. The zero-order valence-corrected chi connectivity index (χ0v) is 63.2. The van der Waals surface area contributed by atoms with Crippen LogP contribution in [0.4, 0.5) is 61.5 Å². The molecule has 636 valence electrons. The summed E-state index contributed by atoms with van der Waals surface area (Å²) in [4.78, 5) is 111. The van der Waals surface area contributed by atoms with Crippen molar-refractivity contribution in [3.05, 3.63) is 106 Å². The Hall–Kier alpha value is -8.92. The standard InChI is InChI=1S/C20H20O4.C17H28O4.C13H22O4.C9H11F3O2.C9H9F3O2.C7HF5O2.C4H5F3O3/c1-12(2)17(11-18(21)22)24-20(23)19-15-9-5-3-7-13(15)14-8-4-6-10-16(14)19;1-11(2)15(10-16(18)19)21-17(20)14-9-5-7-12-6-3-4-8-13(12)14;1-9(2)11(8-12(14)15)17-13(16)10-6-4-3-5-7-10;2*10-9(11,12)8(7(13)14)4-5-1-2-6(8)3-5;8-2-1(7(13)14)3(9)5(11)6(12)4(2)10;1-3(10,2(8)9)4(5,6)7/h3-10,12,17,19H,11H2,1-2H3,(H,21,22);11-15H,3-10H2,1-2H3,(H,18,19);9-11H,3-8H2,1-2H3,(H,14,15);5-6H,1-4H2,(H,13,14);1-2,5-6H,3-4H2,(H,13,14);(H,13,14);10H,1H3,(H,8,9)/p-7. The smallest absolute Gasteiger partial charge is 0.422 e. The number of carbonyl (C=O) groups excluding carboxylic acids is 10. The van der Waals surface area contributed by atoms with Gasteiger partial charge in [0.15, 0.2) is 28.9 Å². The van der Waals surface area contributed by atoms with Crippen molar-refractivity contribution < 1.29 is 164 Å². The minimum atomic E-state index is -5.19. The molecule has 0 aromatic heterocycles. The van der Waals surface area contributed by atoms with Gasteiger partial charge in [-0.25, -0.2) is 22.0 Å². The highest BCUT2D eigenvalue weighted by atomic mass is 19.4. The summed E-state index contributed by atoms with van der Waals surface area (Å²) in [6, 6.07) is 15.5. The molecule has 3 aromatic rings. The van der Waals surface area contributed by atoms with Crippen LogP contribution in [0, 0.1) is 105 Å². The SMILES string of the molecule is CC(C)C(CC(=O)[O-])OC(=O)C1CCCC2CCCCC21.CC(C)C(CC(=O)[O-])OC(=O)C1CCCCC1.CC(C)C(CC(=O)[O-])OC(=O)C1c2ccccc2-c2ccccc21.CC(O)(C(=O)[O-])C(F)(F)F.O=C([O-])C1(C(F)(F)F)CC2C=CC1C2.O=C([O-])C1(C(F)(F)F)CC2CCC1C2.O=C([O-])c1c(F)c(F)c(F)c(F)c1F. The van der Waals surface area contributed by atoms with Crippen molar-refractivity contribution in [3.63, 3.8) is 0 Å². The minimum absolute atomic E-state index is 0.000408. The number of aliphatic hydroxyl groups is 1. The van der Waals surface area contributed by atoms with Gasteiger partial charge in [-0.15, -0.1) is 0 Å². The number of aliphatic carboxylic acids is 6. The second-order valence-corrected chi connectivity index (χ2v) is 30.9. The zero-order chi connectivity index (χ0) is 86.2. The lowest BCUT2D eigenvalue weighted by Gasteiger charge is -2.40. The number of benzene rings is 3. The molecule has 0 radical (unpaired) electrons. The van der Waals surface area contributed by atoms with Crippen LogP contribution in [0.3, 0.4) is 0 Å². The molecule has 0 spiro atoms. The van der Waals surface area contributed by atoms with Gasteiger partial charge in [0, 0.05) is 37.2 Å². The quantitative estimate of drug-likeness (QED) is 0.0298. The second-order valence-electron chi connectivity index (χ2n) is 30.9. The predicted molar refractivity (Wildman–Crippen MR) is 356 cm³/mol. The molecule has 13 atom stereocenters. The first-order chi connectivity index (χ1) is 52.8. The van der Waals surface area contributed by atoms with Gasteiger partial charge in [-0.05, 0) is 140 Å². The monoisotopic (exact) mass is 1640 g/mol. The van der Waals surface area contributed by atoms with Crippen LogP contribution < -0.4 is 35.7 Å². The molecule has 21 nitrogen and oxygen atoms in total. The Bertz CT molecular complexity index is 3850. The zero-order valence-electron chi connectivity index (χ0n) is 63.2. The first kappa shape index (κ1) is 95.7. The molecule has 0 amide bonds. The largest absolute Gasteiger partial charge is 0.550 e. The highest BCUT2D eigenvalue weighted by Crippen LogP contribution is 2.63. The van der Waals surface area contributed by atoms with Gasteiger partial charge < -0.3 is 88.6 Å². The Morgan fingerprint density at radius 3 is 1.25 bits per heavy atom. The maximum atomic E-state index is 12.8. The van der Waals surface area contributed by atoms with E-state index in [2.05, 4.69) is 0 Å². The van der Waals surface area contributed by atoms with Crippen LogP contribution in [0.25, 0.3) is 11.1 Å². The number of aromatic carboxylic acids is 1. The first-order valence-corrected chi connectivity index (χ1v) is 37.2. The van der Waals surface area contributed by atoms with Gasteiger partial charge in [0.2, 0.25) is 5.82 Å². The van der Waals surface area contributed by atoms with E-state index in [1.807, 2.05) is 90.1 Å². The number of carboxylic acids is 7. The Labute approximate surface area is 647 Å². The third kappa shape index (κ3) is 23.2. The van der Waals surface area contributed by atoms with Crippen LogP contribution in [0.15, 0.2) is 60.7 Å². The van der Waals surface area contributed by atoms with Crippen LogP contribution in [0.2, 0.25) is 0 Å². The molecule has 0 aliphatic heterocycles. The molecule has 4 bridgehead atoms. The number of hydrogen-bond acceptors (Lipinski definition) is 21. The van der Waals surface area contributed by atoms with Crippen LogP contribution in [0.1, 0.15) is 211 Å². The molecule has 0 heterocycles. The van der Waals surface area contributed by atoms with E-state index in [4.69, 9.17) is 19.3 Å². The van der Waals surface area contributed by atoms with E-state index in [0.29, 0.717) is 24.7 Å². The summed E-state index contributed by atoms with van der Waals surface area (Å²) in [7, 11) is 0. The molecular formula is C79H89F14O21-7. The van der Waals surface area contributed by atoms with Crippen molar-refractivity contribution in [3.8, 4) is 11.1 Å². The molecule has 3 aromatic carbocycles. The van der Waals surface area contributed by atoms with Crippen LogP contribution >= 0.6 is 0 Å².